The number of hydrogen-bond acceptors (Lipinski definition) is 9. The van der Waals surface area contributed by atoms with Gasteiger partial charge in [0.15, 0.2) is 6.04 Å². The van der Waals surface area contributed by atoms with Gasteiger partial charge in [0.25, 0.3) is 0 Å². The molecule has 1 aliphatic rings. The zero-order chi connectivity index (χ0) is 31.9. The van der Waals surface area contributed by atoms with Crippen molar-refractivity contribution in [2.24, 2.45) is 4.99 Å². The van der Waals surface area contributed by atoms with Crippen LogP contribution in [0.5, 0.6) is 17.2 Å². The topological polar surface area (TPSA) is 133 Å². The SMILES string of the molecule is C=c1c(C)c(O)c(=C)c(C(C)(C)CC(=O)N(C)c2ccc(COc3ccc4nc(C5=NC(C(=O)O)CS5)sc4c3)cc2)c1O. The number of carboxylic acid groups (broad SMARTS) is 1. The lowest BCUT2D eigenvalue weighted by molar-refractivity contribution is -0.137. The number of aromatic hydroxyl groups is 2. The Hall–Kier alpha value is -4.35. The van der Waals surface area contributed by atoms with E-state index in [1.165, 1.54) is 23.1 Å². The highest BCUT2D eigenvalue weighted by molar-refractivity contribution is 8.15. The van der Waals surface area contributed by atoms with E-state index in [9.17, 15) is 24.9 Å². The van der Waals surface area contributed by atoms with E-state index >= 15 is 0 Å². The maximum atomic E-state index is 13.3. The number of hydrogen-bond donors (Lipinski definition) is 3. The molecule has 1 amide bonds. The normalized spacial score (nSPS) is 14.9. The first-order valence-electron chi connectivity index (χ1n) is 13.8. The Balaban J connectivity index is 1.23. The lowest BCUT2D eigenvalue weighted by Gasteiger charge is -2.29. The molecule has 0 saturated heterocycles. The predicted octanol–water partition coefficient (Wildman–Crippen LogP) is 4.69. The molecule has 4 aromatic rings. The summed E-state index contributed by atoms with van der Waals surface area (Å²) < 4.78 is 6.95. The first-order chi connectivity index (χ1) is 20.8. The molecule has 5 rings (SSSR count). The van der Waals surface area contributed by atoms with Crippen LogP contribution in [0.3, 0.4) is 0 Å². The Bertz CT molecular complexity index is 1920. The van der Waals surface area contributed by atoms with E-state index in [4.69, 9.17) is 4.74 Å². The summed E-state index contributed by atoms with van der Waals surface area (Å²) in [5.41, 5.74) is 2.47. The summed E-state index contributed by atoms with van der Waals surface area (Å²) >= 11 is 2.86. The molecular formula is C33H33N3O6S2. The van der Waals surface area contributed by atoms with Crippen LogP contribution in [0.2, 0.25) is 0 Å². The number of ether oxygens (including phenoxy) is 1. The molecule has 0 bridgehead atoms. The van der Waals surface area contributed by atoms with Gasteiger partial charge < -0.3 is 25.0 Å². The zero-order valence-electron chi connectivity index (χ0n) is 24.9. The van der Waals surface area contributed by atoms with E-state index in [0.717, 1.165) is 15.8 Å². The summed E-state index contributed by atoms with van der Waals surface area (Å²) in [7, 11) is 1.70. The molecule has 0 saturated carbocycles. The third-order valence-corrected chi connectivity index (χ3v) is 9.98. The number of phenolic OH excluding ortho intramolecular Hbond substituents is 2. The van der Waals surface area contributed by atoms with Crippen LogP contribution in [-0.2, 0) is 21.6 Å². The molecular weight excluding hydrogens is 599 g/mol. The van der Waals surface area contributed by atoms with Crippen molar-refractivity contribution < 1.29 is 29.6 Å². The molecule has 3 N–H and O–H groups in total. The van der Waals surface area contributed by atoms with Crippen molar-refractivity contribution in [2.45, 2.75) is 45.3 Å². The van der Waals surface area contributed by atoms with Crippen LogP contribution >= 0.6 is 23.1 Å². The quantitative estimate of drug-likeness (QED) is 0.227. The van der Waals surface area contributed by atoms with E-state index in [-0.39, 0.29) is 23.8 Å². The highest BCUT2D eigenvalue weighted by Crippen LogP contribution is 2.34. The number of phenols is 2. The minimum atomic E-state index is -0.929. The monoisotopic (exact) mass is 631 g/mol. The largest absolute Gasteiger partial charge is 0.507 e. The molecule has 44 heavy (non-hydrogen) atoms. The van der Waals surface area contributed by atoms with Gasteiger partial charge in [-0.15, -0.1) is 23.1 Å². The van der Waals surface area contributed by atoms with Crippen molar-refractivity contribution in [1.29, 1.82) is 0 Å². The summed E-state index contributed by atoms with van der Waals surface area (Å²) in [5.74, 6) is -0.0890. The van der Waals surface area contributed by atoms with Crippen molar-refractivity contribution in [3.8, 4) is 17.2 Å². The molecule has 1 atom stereocenters. The third kappa shape index (κ3) is 6.02. The number of thioether (sulfide) groups is 1. The van der Waals surface area contributed by atoms with Crippen molar-refractivity contribution in [2.75, 3.05) is 17.7 Å². The summed E-state index contributed by atoms with van der Waals surface area (Å²) in [6.07, 6.45) is 0.0698. The molecule has 0 spiro atoms. The molecule has 3 aromatic carbocycles. The van der Waals surface area contributed by atoms with Crippen LogP contribution in [0, 0.1) is 6.92 Å². The number of thiazole rings is 1. The predicted molar refractivity (Wildman–Crippen MR) is 177 cm³/mol. The number of carboxylic acids is 1. The Morgan fingerprint density at radius 1 is 1.09 bits per heavy atom. The fourth-order valence-corrected chi connectivity index (χ4v) is 7.19. The molecule has 9 nitrogen and oxygen atoms in total. The van der Waals surface area contributed by atoms with Crippen molar-refractivity contribution in [1.82, 2.24) is 4.98 Å². The molecule has 1 aromatic heterocycles. The zero-order valence-corrected chi connectivity index (χ0v) is 26.5. The van der Waals surface area contributed by atoms with E-state index in [2.05, 4.69) is 23.1 Å². The number of anilines is 1. The van der Waals surface area contributed by atoms with E-state index in [1.54, 1.807) is 18.9 Å². The molecule has 228 valence electrons. The molecule has 1 unspecified atom stereocenters. The van der Waals surface area contributed by atoms with E-state index < -0.39 is 17.4 Å². The van der Waals surface area contributed by atoms with Crippen molar-refractivity contribution in [3.05, 3.63) is 74.6 Å². The molecule has 11 heteroatoms. The fourth-order valence-electron chi connectivity index (χ4n) is 5.10. The van der Waals surface area contributed by atoms with Gasteiger partial charge in [0.05, 0.1) is 10.2 Å². The van der Waals surface area contributed by atoms with Gasteiger partial charge in [-0.25, -0.2) is 9.78 Å². The van der Waals surface area contributed by atoms with Gasteiger partial charge in [-0.05, 0) is 42.8 Å². The third-order valence-electron chi connectivity index (χ3n) is 7.77. The Morgan fingerprint density at radius 2 is 1.80 bits per heavy atom. The van der Waals surface area contributed by atoms with Gasteiger partial charge in [0.2, 0.25) is 5.91 Å². The number of benzene rings is 3. The lowest BCUT2D eigenvalue weighted by Crippen LogP contribution is -2.36. The standard InChI is InChI=1S/C33H33N3O6S2/c1-17-18(2)29(39)27(19(3)28(17)38)33(4,5)14-26(37)36(6)21-9-7-20(8-10-21)15-42-22-11-12-23-25(13-22)44-31(34-23)30-35-24(16-43-30)32(40)41/h7-13,24,38-39H,2-3,14-16H2,1,4-6H3,(H,40,41). The van der Waals surface area contributed by atoms with Crippen molar-refractivity contribution >= 4 is 69.1 Å². The number of carbonyl (C=O) groups is 2. The smallest absolute Gasteiger partial charge is 0.329 e. The van der Waals surface area contributed by atoms with Gasteiger partial charge >= 0.3 is 5.97 Å². The molecule has 0 aliphatic carbocycles. The maximum absolute atomic E-state index is 13.3. The average Bonchev–Trinajstić information content (AvgIpc) is 3.65. The Labute approximate surface area is 262 Å². The molecule has 0 radical (unpaired) electrons. The van der Waals surface area contributed by atoms with E-state index in [0.29, 0.717) is 55.4 Å². The minimum Gasteiger partial charge on any atom is -0.507 e. The average molecular weight is 632 g/mol. The Morgan fingerprint density at radius 3 is 2.45 bits per heavy atom. The number of fused-ring (bicyclic) bond motifs is 1. The van der Waals surface area contributed by atoms with Crippen LogP contribution in [-0.4, -0.2) is 56.1 Å². The van der Waals surface area contributed by atoms with Crippen LogP contribution in [0.4, 0.5) is 5.69 Å². The second-order valence-electron chi connectivity index (χ2n) is 11.4. The number of amides is 1. The minimum absolute atomic E-state index is 0.0278. The molecule has 2 heterocycles. The van der Waals surface area contributed by atoms with Crippen LogP contribution < -0.4 is 20.1 Å². The lowest BCUT2D eigenvalue weighted by atomic mass is 9.78. The summed E-state index contributed by atoms with van der Waals surface area (Å²) in [6.45, 7) is 13.5. The number of aliphatic imine (C=N–C) groups is 1. The number of rotatable bonds is 9. The fraction of sp³-hybridized carbons (Fsp3) is 0.273. The van der Waals surface area contributed by atoms with Crippen LogP contribution in [0.15, 0.2) is 47.5 Å². The van der Waals surface area contributed by atoms with Gasteiger partial charge in [0, 0.05) is 51.9 Å². The van der Waals surface area contributed by atoms with Gasteiger partial charge in [-0.3, -0.25) is 9.79 Å². The second kappa shape index (κ2) is 12.0. The first kappa shape index (κ1) is 31.1. The highest BCUT2D eigenvalue weighted by atomic mass is 32.2. The molecule has 1 aliphatic heterocycles. The number of aromatic nitrogens is 1. The van der Waals surface area contributed by atoms with Gasteiger partial charge in [-0.1, -0.05) is 39.1 Å². The Kier molecular flexibility index (Phi) is 8.46. The first-order valence-corrected chi connectivity index (χ1v) is 15.6. The number of carbonyl (C=O) groups excluding carboxylic acids is 1. The number of aliphatic carboxylic acids is 1. The molecule has 0 fully saturated rings. The van der Waals surface area contributed by atoms with E-state index in [1.807, 2.05) is 56.3 Å². The maximum Gasteiger partial charge on any atom is 0.329 e. The van der Waals surface area contributed by atoms with Crippen LogP contribution in [0.1, 0.15) is 42.0 Å². The second-order valence-corrected chi connectivity index (χ2v) is 13.4. The van der Waals surface area contributed by atoms with Crippen molar-refractivity contribution in [3.63, 3.8) is 0 Å². The number of nitrogens with zero attached hydrogens (tertiary/aromatic N) is 3. The summed E-state index contributed by atoms with van der Waals surface area (Å²) in [4.78, 5) is 35.0. The van der Waals surface area contributed by atoms with Crippen LogP contribution in [0.25, 0.3) is 23.4 Å². The summed E-state index contributed by atoms with van der Waals surface area (Å²) in [5, 5.41) is 32.5. The highest BCUT2D eigenvalue weighted by Gasteiger charge is 2.31. The van der Waals surface area contributed by atoms with Gasteiger partial charge in [0.1, 0.15) is 33.9 Å². The summed E-state index contributed by atoms with van der Waals surface area (Å²) in [6, 6.07) is 12.4. The van der Waals surface area contributed by atoms with Gasteiger partial charge in [-0.2, -0.15) is 0 Å².